The molecule has 1 nitrogen and oxygen atoms in total. The third-order valence-electron chi connectivity index (χ3n) is 1.65. The number of allylic oxidation sites excluding steroid dienone is 1. The molecule has 0 radical (unpaired) electrons. The molecule has 1 heterocycles. The van der Waals surface area contributed by atoms with Gasteiger partial charge in [0.15, 0.2) is 0 Å². The van der Waals surface area contributed by atoms with Crippen molar-refractivity contribution in [2.24, 2.45) is 10.9 Å². The fraction of sp³-hybridized carbons (Fsp3) is 0.625. The molecule has 9 heavy (non-hydrogen) atoms. The Balaban J connectivity index is 2.54. The van der Waals surface area contributed by atoms with Crippen molar-refractivity contribution >= 4 is 5.71 Å². The predicted molar refractivity (Wildman–Crippen MR) is 40.6 cm³/mol. The first-order valence-corrected chi connectivity index (χ1v) is 3.42. The molecular weight excluding hydrogens is 110 g/mol. The summed E-state index contributed by atoms with van der Waals surface area (Å²) in [6.45, 7) is 6.49. The van der Waals surface area contributed by atoms with Gasteiger partial charge in [-0.05, 0) is 18.4 Å². The van der Waals surface area contributed by atoms with Crippen LogP contribution in [0.25, 0.3) is 0 Å². The van der Waals surface area contributed by atoms with Gasteiger partial charge in [-0.25, -0.2) is 0 Å². The standard InChI is InChI=1S/C8H13N/c1-6(2)8-4-7(3)9-5-8/h5-6H,4H2,1-3H3. The number of hydrogen-bond acceptors (Lipinski definition) is 1. The molecule has 0 aromatic heterocycles. The van der Waals surface area contributed by atoms with Crippen LogP contribution in [0.3, 0.4) is 0 Å². The molecule has 0 unspecified atom stereocenters. The summed E-state index contributed by atoms with van der Waals surface area (Å²) >= 11 is 0. The van der Waals surface area contributed by atoms with Crippen LogP contribution in [0.15, 0.2) is 16.8 Å². The molecule has 1 aliphatic heterocycles. The van der Waals surface area contributed by atoms with Gasteiger partial charge in [-0.1, -0.05) is 13.8 Å². The summed E-state index contributed by atoms with van der Waals surface area (Å²) in [4.78, 5) is 4.19. The van der Waals surface area contributed by atoms with Crippen LogP contribution in [0.4, 0.5) is 0 Å². The maximum absolute atomic E-state index is 4.19. The first kappa shape index (κ1) is 6.53. The number of nitrogens with zero attached hydrogens (tertiary/aromatic N) is 1. The maximum Gasteiger partial charge on any atom is 0.0265 e. The lowest BCUT2D eigenvalue weighted by molar-refractivity contribution is 0.758. The number of rotatable bonds is 1. The normalized spacial score (nSPS) is 18.2. The molecule has 0 spiro atoms. The van der Waals surface area contributed by atoms with Crippen LogP contribution >= 0.6 is 0 Å². The maximum atomic E-state index is 4.19. The molecule has 1 heteroatoms. The van der Waals surface area contributed by atoms with Gasteiger partial charge in [-0.3, -0.25) is 4.99 Å². The molecule has 50 valence electrons. The molecule has 0 atom stereocenters. The summed E-state index contributed by atoms with van der Waals surface area (Å²) in [7, 11) is 0. The average molecular weight is 123 g/mol. The van der Waals surface area contributed by atoms with Crippen LogP contribution in [0.2, 0.25) is 0 Å². The Hall–Kier alpha value is -0.590. The van der Waals surface area contributed by atoms with Gasteiger partial charge in [0.05, 0.1) is 0 Å². The summed E-state index contributed by atoms with van der Waals surface area (Å²) < 4.78 is 0. The van der Waals surface area contributed by atoms with Gasteiger partial charge in [0, 0.05) is 18.3 Å². The van der Waals surface area contributed by atoms with Crippen molar-refractivity contribution in [2.75, 3.05) is 0 Å². The lowest BCUT2D eigenvalue weighted by Crippen LogP contribution is -1.94. The highest BCUT2D eigenvalue weighted by molar-refractivity contribution is 5.86. The molecule has 0 saturated carbocycles. The molecule has 1 rings (SSSR count). The van der Waals surface area contributed by atoms with E-state index in [9.17, 15) is 0 Å². The van der Waals surface area contributed by atoms with E-state index in [-0.39, 0.29) is 0 Å². The van der Waals surface area contributed by atoms with Crippen molar-refractivity contribution in [2.45, 2.75) is 27.2 Å². The Bertz CT molecular complexity index is 163. The zero-order chi connectivity index (χ0) is 6.85. The molecule has 0 amide bonds. The molecular formula is C8H13N. The van der Waals surface area contributed by atoms with Crippen molar-refractivity contribution in [3.63, 3.8) is 0 Å². The zero-order valence-corrected chi connectivity index (χ0v) is 6.31. The summed E-state index contributed by atoms with van der Waals surface area (Å²) in [6, 6.07) is 0. The minimum Gasteiger partial charge on any atom is -0.266 e. The van der Waals surface area contributed by atoms with Crippen molar-refractivity contribution < 1.29 is 0 Å². The molecule has 0 aromatic rings. The highest BCUT2D eigenvalue weighted by Gasteiger charge is 2.08. The predicted octanol–water partition coefficient (Wildman–Crippen LogP) is 2.39. The number of aliphatic imine (C=N–C) groups is 1. The average Bonchev–Trinajstić information content (AvgIpc) is 2.14. The Morgan fingerprint density at radius 1 is 1.56 bits per heavy atom. The van der Waals surface area contributed by atoms with Crippen LogP contribution < -0.4 is 0 Å². The molecule has 0 bridgehead atoms. The fourth-order valence-electron chi connectivity index (χ4n) is 0.933. The second-order valence-electron chi connectivity index (χ2n) is 2.90. The summed E-state index contributed by atoms with van der Waals surface area (Å²) in [6.07, 6.45) is 3.09. The Morgan fingerprint density at radius 3 is 2.44 bits per heavy atom. The smallest absolute Gasteiger partial charge is 0.0265 e. The minimum atomic E-state index is 0.672. The third-order valence-corrected chi connectivity index (χ3v) is 1.65. The van der Waals surface area contributed by atoms with E-state index in [1.165, 1.54) is 11.3 Å². The first-order chi connectivity index (χ1) is 4.20. The summed E-state index contributed by atoms with van der Waals surface area (Å²) in [5.74, 6) is 0.672. The summed E-state index contributed by atoms with van der Waals surface area (Å²) in [5.41, 5.74) is 2.71. The third kappa shape index (κ3) is 1.41. The monoisotopic (exact) mass is 123 g/mol. The molecule has 0 N–H and O–H groups in total. The highest BCUT2D eigenvalue weighted by atomic mass is 14.7. The van der Waals surface area contributed by atoms with Crippen LogP contribution in [-0.4, -0.2) is 5.71 Å². The highest BCUT2D eigenvalue weighted by Crippen LogP contribution is 2.19. The van der Waals surface area contributed by atoms with E-state index in [0.717, 1.165) is 6.42 Å². The number of hydrogen-bond donors (Lipinski definition) is 0. The fourth-order valence-corrected chi connectivity index (χ4v) is 0.933. The van der Waals surface area contributed by atoms with Crippen molar-refractivity contribution in [3.05, 3.63) is 11.8 Å². The van der Waals surface area contributed by atoms with E-state index >= 15 is 0 Å². The summed E-state index contributed by atoms with van der Waals surface area (Å²) in [5, 5.41) is 0. The van der Waals surface area contributed by atoms with E-state index < -0.39 is 0 Å². The Morgan fingerprint density at radius 2 is 2.22 bits per heavy atom. The Labute approximate surface area is 56.5 Å². The topological polar surface area (TPSA) is 12.4 Å². The lowest BCUT2D eigenvalue weighted by atomic mass is 10.0. The van der Waals surface area contributed by atoms with Gasteiger partial charge < -0.3 is 0 Å². The van der Waals surface area contributed by atoms with E-state index in [1.54, 1.807) is 0 Å². The van der Waals surface area contributed by atoms with Gasteiger partial charge in [-0.15, -0.1) is 0 Å². The van der Waals surface area contributed by atoms with Crippen LogP contribution in [0, 0.1) is 5.92 Å². The van der Waals surface area contributed by atoms with E-state index in [2.05, 4.69) is 25.8 Å². The first-order valence-electron chi connectivity index (χ1n) is 3.42. The van der Waals surface area contributed by atoms with Gasteiger partial charge in [0.25, 0.3) is 0 Å². The molecule has 0 aromatic carbocycles. The Kier molecular flexibility index (Phi) is 1.70. The second kappa shape index (κ2) is 2.34. The van der Waals surface area contributed by atoms with E-state index in [4.69, 9.17) is 0 Å². The van der Waals surface area contributed by atoms with Gasteiger partial charge >= 0.3 is 0 Å². The van der Waals surface area contributed by atoms with E-state index in [1.807, 2.05) is 6.20 Å². The lowest BCUT2D eigenvalue weighted by Gasteiger charge is -2.02. The zero-order valence-electron chi connectivity index (χ0n) is 6.31. The van der Waals surface area contributed by atoms with Gasteiger partial charge in [0.2, 0.25) is 0 Å². The van der Waals surface area contributed by atoms with Crippen LogP contribution in [0.1, 0.15) is 27.2 Å². The molecule has 0 fully saturated rings. The SMILES string of the molecule is CC1=NC=C(C(C)C)C1. The van der Waals surface area contributed by atoms with Gasteiger partial charge in [-0.2, -0.15) is 0 Å². The van der Waals surface area contributed by atoms with Crippen molar-refractivity contribution in [1.82, 2.24) is 0 Å². The van der Waals surface area contributed by atoms with Crippen LogP contribution in [-0.2, 0) is 0 Å². The molecule has 0 saturated heterocycles. The largest absolute Gasteiger partial charge is 0.266 e. The minimum absolute atomic E-state index is 0.672. The van der Waals surface area contributed by atoms with Crippen LogP contribution in [0.5, 0.6) is 0 Å². The quantitative estimate of drug-likeness (QED) is 0.507. The van der Waals surface area contributed by atoms with E-state index in [0.29, 0.717) is 5.92 Å². The molecule has 0 aliphatic carbocycles. The molecule has 1 aliphatic rings. The van der Waals surface area contributed by atoms with Crippen molar-refractivity contribution in [1.29, 1.82) is 0 Å². The van der Waals surface area contributed by atoms with Gasteiger partial charge in [0.1, 0.15) is 0 Å². The second-order valence-corrected chi connectivity index (χ2v) is 2.90. The van der Waals surface area contributed by atoms with Crippen molar-refractivity contribution in [3.8, 4) is 0 Å².